The summed E-state index contributed by atoms with van der Waals surface area (Å²) in [4.78, 5) is 0. The molecule has 0 spiro atoms. The molecular formula is C19H18N2O2S. The van der Waals surface area contributed by atoms with Crippen molar-refractivity contribution in [1.29, 1.82) is 0 Å². The zero-order valence-corrected chi connectivity index (χ0v) is 14.0. The SMILES string of the molecule is COc1cccc(NC(=S)N[C@H](c2ccccc2)c2ccco2)c1. The van der Waals surface area contributed by atoms with E-state index in [0.717, 1.165) is 22.8 Å². The number of ether oxygens (including phenoxy) is 1. The largest absolute Gasteiger partial charge is 0.497 e. The molecule has 1 atom stereocenters. The Morgan fingerprint density at radius 3 is 2.58 bits per heavy atom. The zero-order chi connectivity index (χ0) is 16.8. The Labute approximate surface area is 146 Å². The molecule has 0 radical (unpaired) electrons. The van der Waals surface area contributed by atoms with E-state index in [1.165, 1.54) is 0 Å². The van der Waals surface area contributed by atoms with Gasteiger partial charge in [-0.1, -0.05) is 36.4 Å². The Kier molecular flexibility index (Phi) is 5.13. The maximum atomic E-state index is 5.57. The second-order valence-corrected chi connectivity index (χ2v) is 5.60. The van der Waals surface area contributed by atoms with Crippen LogP contribution in [0.3, 0.4) is 0 Å². The van der Waals surface area contributed by atoms with Gasteiger partial charge in [-0.05, 0) is 42.0 Å². The predicted molar refractivity (Wildman–Crippen MR) is 99.3 cm³/mol. The molecule has 0 bridgehead atoms. The van der Waals surface area contributed by atoms with E-state index in [-0.39, 0.29) is 6.04 Å². The minimum atomic E-state index is -0.160. The van der Waals surface area contributed by atoms with Crippen LogP contribution in [0.25, 0.3) is 0 Å². The lowest BCUT2D eigenvalue weighted by Gasteiger charge is -2.20. The summed E-state index contributed by atoms with van der Waals surface area (Å²) < 4.78 is 10.8. The molecule has 24 heavy (non-hydrogen) atoms. The van der Waals surface area contributed by atoms with E-state index in [2.05, 4.69) is 10.6 Å². The number of hydrogen-bond donors (Lipinski definition) is 2. The van der Waals surface area contributed by atoms with Gasteiger partial charge in [-0.15, -0.1) is 0 Å². The van der Waals surface area contributed by atoms with Gasteiger partial charge < -0.3 is 19.8 Å². The fourth-order valence-electron chi connectivity index (χ4n) is 2.42. The van der Waals surface area contributed by atoms with Gasteiger partial charge in [-0.25, -0.2) is 0 Å². The first-order valence-electron chi connectivity index (χ1n) is 7.56. The second-order valence-electron chi connectivity index (χ2n) is 5.19. The minimum Gasteiger partial charge on any atom is -0.497 e. The Hall–Kier alpha value is -2.79. The molecule has 0 saturated carbocycles. The molecule has 0 aliphatic heterocycles. The molecule has 1 heterocycles. The lowest BCUT2D eigenvalue weighted by molar-refractivity contribution is 0.415. The van der Waals surface area contributed by atoms with Gasteiger partial charge in [0.1, 0.15) is 17.6 Å². The number of anilines is 1. The summed E-state index contributed by atoms with van der Waals surface area (Å²) in [6.07, 6.45) is 1.66. The molecule has 0 fully saturated rings. The lowest BCUT2D eigenvalue weighted by Crippen LogP contribution is -2.32. The molecule has 3 rings (SSSR count). The van der Waals surface area contributed by atoms with Crippen molar-refractivity contribution in [2.45, 2.75) is 6.04 Å². The first-order valence-corrected chi connectivity index (χ1v) is 7.97. The standard InChI is InChI=1S/C19H18N2O2S/c1-22-16-10-5-9-15(13-16)20-19(24)21-18(17-11-6-12-23-17)14-7-3-2-4-8-14/h2-13,18H,1H3,(H2,20,21,24)/t18-/m1/s1. The molecule has 2 N–H and O–H groups in total. The third kappa shape index (κ3) is 3.94. The highest BCUT2D eigenvalue weighted by Gasteiger charge is 2.17. The highest BCUT2D eigenvalue weighted by molar-refractivity contribution is 7.80. The van der Waals surface area contributed by atoms with Gasteiger partial charge in [0, 0.05) is 11.8 Å². The van der Waals surface area contributed by atoms with Crippen molar-refractivity contribution in [3.05, 3.63) is 84.3 Å². The van der Waals surface area contributed by atoms with Crippen LogP contribution in [-0.4, -0.2) is 12.2 Å². The number of hydrogen-bond acceptors (Lipinski definition) is 3. The summed E-state index contributed by atoms with van der Waals surface area (Å²) in [5.74, 6) is 1.57. The lowest BCUT2D eigenvalue weighted by atomic mass is 10.1. The Bertz CT molecular complexity index is 788. The fraction of sp³-hybridized carbons (Fsp3) is 0.105. The predicted octanol–water partition coefficient (Wildman–Crippen LogP) is 4.36. The molecule has 0 aliphatic rings. The van der Waals surface area contributed by atoms with E-state index < -0.39 is 0 Å². The summed E-state index contributed by atoms with van der Waals surface area (Å²) in [6, 6.07) is 21.3. The van der Waals surface area contributed by atoms with Crippen molar-refractivity contribution < 1.29 is 9.15 Å². The third-order valence-electron chi connectivity index (χ3n) is 3.56. The quantitative estimate of drug-likeness (QED) is 0.677. The summed E-state index contributed by atoms with van der Waals surface area (Å²) in [7, 11) is 1.64. The number of benzene rings is 2. The van der Waals surface area contributed by atoms with E-state index >= 15 is 0 Å². The molecular weight excluding hydrogens is 320 g/mol. The van der Waals surface area contributed by atoms with Gasteiger partial charge in [0.15, 0.2) is 5.11 Å². The second kappa shape index (κ2) is 7.66. The van der Waals surface area contributed by atoms with Crippen LogP contribution >= 0.6 is 12.2 Å². The Morgan fingerprint density at radius 2 is 1.88 bits per heavy atom. The van der Waals surface area contributed by atoms with Gasteiger partial charge in [0.05, 0.1) is 13.4 Å². The number of rotatable bonds is 5. The van der Waals surface area contributed by atoms with Crippen LogP contribution in [0.2, 0.25) is 0 Å². The van der Waals surface area contributed by atoms with E-state index in [1.54, 1.807) is 13.4 Å². The van der Waals surface area contributed by atoms with Crippen LogP contribution < -0.4 is 15.4 Å². The summed E-state index contributed by atoms with van der Waals surface area (Å²) in [5.41, 5.74) is 1.93. The van der Waals surface area contributed by atoms with E-state index in [1.807, 2.05) is 66.7 Å². The monoisotopic (exact) mass is 338 g/mol. The number of methoxy groups -OCH3 is 1. The summed E-state index contributed by atoms with van der Waals surface area (Å²) in [5, 5.41) is 6.99. The molecule has 1 aromatic heterocycles. The average Bonchev–Trinajstić information content (AvgIpc) is 3.15. The van der Waals surface area contributed by atoms with E-state index in [9.17, 15) is 0 Å². The Morgan fingerprint density at radius 1 is 1.04 bits per heavy atom. The average molecular weight is 338 g/mol. The smallest absolute Gasteiger partial charge is 0.171 e. The number of furan rings is 1. The van der Waals surface area contributed by atoms with E-state index in [0.29, 0.717) is 5.11 Å². The topological polar surface area (TPSA) is 46.4 Å². The molecule has 122 valence electrons. The van der Waals surface area contributed by atoms with Crippen molar-refractivity contribution in [1.82, 2.24) is 5.32 Å². The van der Waals surface area contributed by atoms with Crippen molar-refractivity contribution in [2.24, 2.45) is 0 Å². The maximum absolute atomic E-state index is 5.57. The zero-order valence-electron chi connectivity index (χ0n) is 13.2. The van der Waals surface area contributed by atoms with Crippen LogP contribution in [0.5, 0.6) is 5.75 Å². The molecule has 3 aromatic rings. The normalized spacial score (nSPS) is 11.5. The molecule has 0 saturated heterocycles. The third-order valence-corrected chi connectivity index (χ3v) is 3.78. The minimum absolute atomic E-state index is 0.160. The van der Waals surface area contributed by atoms with Gasteiger partial charge in [-0.3, -0.25) is 0 Å². The number of nitrogens with one attached hydrogen (secondary N) is 2. The number of thiocarbonyl (C=S) groups is 1. The van der Waals surface area contributed by atoms with Crippen molar-refractivity contribution >= 4 is 23.0 Å². The molecule has 2 aromatic carbocycles. The van der Waals surface area contributed by atoms with Gasteiger partial charge >= 0.3 is 0 Å². The highest BCUT2D eigenvalue weighted by Crippen LogP contribution is 2.23. The van der Waals surface area contributed by atoms with Gasteiger partial charge in [-0.2, -0.15) is 0 Å². The summed E-state index contributed by atoms with van der Waals surface area (Å²) >= 11 is 5.46. The van der Waals surface area contributed by atoms with Crippen molar-refractivity contribution in [3.63, 3.8) is 0 Å². The van der Waals surface area contributed by atoms with Crippen LogP contribution in [0.15, 0.2) is 77.4 Å². The van der Waals surface area contributed by atoms with Crippen LogP contribution in [0.4, 0.5) is 5.69 Å². The molecule has 5 heteroatoms. The maximum Gasteiger partial charge on any atom is 0.171 e. The first-order chi connectivity index (χ1) is 11.8. The van der Waals surface area contributed by atoms with Crippen LogP contribution in [-0.2, 0) is 0 Å². The van der Waals surface area contributed by atoms with Gasteiger partial charge in [0.2, 0.25) is 0 Å². The van der Waals surface area contributed by atoms with Gasteiger partial charge in [0.25, 0.3) is 0 Å². The van der Waals surface area contributed by atoms with E-state index in [4.69, 9.17) is 21.4 Å². The molecule has 4 nitrogen and oxygen atoms in total. The highest BCUT2D eigenvalue weighted by atomic mass is 32.1. The fourth-order valence-corrected chi connectivity index (χ4v) is 2.65. The molecule has 0 unspecified atom stereocenters. The first kappa shape index (κ1) is 16.1. The van der Waals surface area contributed by atoms with Crippen molar-refractivity contribution in [2.75, 3.05) is 12.4 Å². The molecule has 0 amide bonds. The van der Waals surface area contributed by atoms with Crippen molar-refractivity contribution in [3.8, 4) is 5.75 Å². The summed E-state index contributed by atoms with van der Waals surface area (Å²) in [6.45, 7) is 0. The van der Waals surface area contributed by atoms with Crippen LogP contribution in [0.1, 0.15) is 17.4 Å². The Balaban J connectivity index is 1.76. The van der Waals surface area contributed by atoms with Crippen LogP contribution in [0, 0.1) is 0 Å². The molecule has 0 aliphatic carbocycles.